The van der Waals surface area contributed by atoms with Gasteiger partial charge in [-0.25, -0.2) is 4.99 Å². The molecule has 0 atom stereocenters. The Morgan fingerprint density at radius 2 is 2.06 bits per heavy atom. The summed E-state index contributed by atoms with van der Waals surface area (Å²) in [7, 11) is 0. The van der Waals surface area contributed by atoms with Gasteiger partial charge in [-0.3, -0.25) is 4.79 Å². The van der Waals surface area contributed by atoms with E-state index in [1.165, 1.54) is 5.56 Å². The molecule has 2 rings (SSSR count). The van der Waals surface area contributed by atoms with Gasteiger partial charge in [0.15, 0.2) is 0 Å². The summed E-state index contributed by atoms with van der Waals surface area (Å²) in [6, 6.07) is 7.97. The van der Waals surface area contributed by atoms with Gasteiger partial charge in [0.25, 0.3) is 0 Å². The fraction of sp³-hybridized carbons (Fsp3) is 0.429. The van der Waals surface area contributed by atoms with Crippen molar-refractivity contribution in [3.8, 4) is 0 Å². The smallest absolute Gasteiger partial charge is 0.225 e. The van der Waals surface area contributed by atoms with Crippen molar-refractivity contribution in [2.45, 2.75) is 33.6 Å². The van der Waals surface area contributed by atoms with Crippen molar-refractivity contribution in [3.05, 3.63) is 29.8 Å². The van der Waals surface area contributed by atoms with Crippen LogP contribution in [0.5, 0.6) is 0 Å². The lowest BCUT2D eigenvalue weighted by atomic mass is 9.92. The molecule has 1 N–H and O–H groups in total. The highest BCUT2D eigenvalue weighted by molar-refractivity contribution is 6.02. The van der Waals surface area contributed by atoms with Gasteiger partial charge in [-0.1, -0.05) is 39.0 Å². The zero-order valence-electron chi connectivity index (χ0n) is 10.6. The number of carbonyl (C=O) groups is 1. The van der Waals surface area contributed by atoms with Gasteiger partial charge < -0.3 is 5.32 Å². The first-order valence-electron chi connectivity index (χ1n) is 5.89. The third-order valence-corrected chi connectivity index (χ3v) is 2.58. The molecule has 1 aromatic carbocycles. The van der Waals surface area contributed by atoms with Gasteiger partial charge in [0.2, 0.25) is 5.91 Å². The number of benzene rings is 1. The zero-order valence-corrected chi connectivity index (χ0v) is 10.6. The lowest BCUT2D eigenvalue weighted by Crippen LogP contribution is -2.33. The van der Waals surface area contributed by atoms with E-state index in [1.807, 2.05) is 24.3 Å². The minimum Gasteiger partial charge on any atom is -0.314 e. The summed E-state index contributed by atoms with van der Waals surface area (Å²) in [5.74, 6) is 0.810. The first-order valence-corrected chi connectivity index (χ1v) is 5.89. The molecule has 1 amide bonds. The molecular formula is C14H18N2O. The maximum Gasteiger partial charge on any atom is 0.225 e. The first-order chi connectivity index (χ1) is 7.94. The molecule has 0 aromatic heterocycles. The average molecular weight is 230 g/mol. The van der Waals surface area contributed by atoms with Crippen LogP contribution in [0.4, 0.5) is 5.69 Å². The number of carbonyl (C=O) groups excluding carboxylic acids is 1. The fourth-order valence-corrected chi connectivity index (χ4v) is 1.89. The van der Waals surface area contributed by atoms with E-state index >= 15 is 0 Å². The first kappa shape index (κ1) is 11.8. The third kappa shape index (κ3) is 3.16. The Morgan fingerprint density at radius 3 is 2.71 bits per heavy atom. The number of hydrogen-bond acceptors (Lipinski definition) is 2. The number of aliphatic imine (C=N–C) groups is 1. The minimum atomic E-state index is 0.0100. The Kier molecular flexibility index (Phi) is 3.01. The third-order valence-electron chi connectivity index (χ3n) is 2.58. The Hall–Kier alpha value is -1.64. The number of amides is 1. The zero-order chi connectivity index (χ0) is 12.5. The summed E-state index contributed by atoms with van der Waals surface area (Å²) in [6.45, 7) is 6.16. The van der Waals surface area contributed by atoms with Crippen LogP contribution in [0.1, 0.15) is 32.8 Å². The van der Waals surface area contributed by atoms with E-state index in [2.05, 4.69) is 31.1 Å². The normalized spacial score (nSPS) is 14.2. The van der Waals surface area contributed by atoms with Gasteiger partial charge in [-0.05, 0) is 17.0 Å². The molecule has 0 saturated carbocycles. The van der Waals surface area contributed by atoms with Crippen molar-refractivity contribution in [3.63, 3.8) is 0 Å². The van der Waals surface area contributed by atoms with Crippen molar-refractivity contribution >= 4 is 17.4 Å². The summed E-state index contributed by atoms with van der Waals surface area (Å²) in [5.41, 5.74) is 2.16. The van der Waals surface area contributed by atoms with Crippen LogP contribution in [0.25, 0.3) is 0 Å². The number of amidine groups is 1. The molecule has 0 radical (unpaired) electrons. The molecule has 0 aliphatic carbocycles. The van der Waals surface area contributed by atoms with Crippen LogP contribution >= 0.6 is 0 Å². The van der Waals surface area contributed by atoms with E-state index in [-0.39, 0.29) is 11.3 Å². The highest BCUT2D eigenvalue weighted by Crippen LogP contribution is 2.25. The van der Waals surface area contributed by atoms with Crippen molar-refractivity contribution in [1.82, 2.24) is 5.32 Å². The Balaban J connectivity index is 1.98. The van der Waals surface area contributed by atoms with Crippen LogP contribution in [0, 0.1) is 5.41 Å². The van der Waals surface area contributed by atoms with Crippen LogP contribution < -0.4 is 5.32 Å². The lowest BCUT2D eigenvalue weighted by Gasteiger charge is -2.17. The molecule has 1 aromatic rings. The van der Waals surface area contributed by atoms with Crippen molar-refractivity contribution < 1.29 is 4.79 Å². The van der Waals surface area contributed by atoms with Crippen LogP contribution in [0.2, 0.25) is 0 Å². The second kappa shape index (κ2) is 4.32. The van der Waals surface area contributed by atoms with Gasteiger partial charge >= 0.3 is 0 Å². The second-order valence-electron chi connectivity index (χ2n) is 5.65. The molecule has 1 heterocycles. The van der Waals surface area contributed by atoms with Gasteiger partial charge in [0, 0.05) is 12.8 Å². The van der Waals surface area contributed by atoms with Gasteiger partial charge in [0.05, 0.1) is 5.69 Å². The Bertz CT molecular complexity index is 469. The molecule has 0 saturated heterocycles. The van der Waals surface area contributed by atoms with Crippen molar-refractivity contribution in [1.29, 1.82) is 0 Å². The predicted molar refractivity (Wildman–Crippen MR) is 69.5 cm³/mol. The van der Waals surface area contributed by atoms with E-state index in [9.17, 15) is 4.79 Å². The molecule has 0 fully saturated rings. The fourth-order valence-electron chi connectivity index (χ4n) is 1.89. The van der Waals surface area contributed by atoms with E-state index in [0.29, 0.717) is 6.42 Å². The van der Waals surface area contributed by atoms with Crippen molar-refractivity contribution in [2.75, 3.05) is 0 Å². The summed E-state index contributed by atoms with van der Waals surface area (Å²) in [4.78, 5) is 16.2. The quantitative estimate of drug-likeness (QED) is 0.792. The van der Waals surface area contributed by atoms with E-state index in [0.717, 1.165) is 17.9 Å². The standard InChI is InChI=1S/C14H18N2O/c1-14(2,3)9-13(17)16-12-8-10-6-4-5-7-11(10)15-12/h4-7H,8-9H2,1-3H3,(H,15,16,17). The molecule has 1 aliphatic rings. The number of nitrogens with zero attached hydrogens (tertiary/aromatic N) is 1. The monoisotopic (exact) mass is 230 g/mol. The van der Waals surface area contributed by atoms with Crippen LogP contribution in [-0.2, 0) is 11.2 Å². The molecule has 1 aliphatic heterocycles. The summed E-state index contributed by atoms with van der Waals surface area (Å²) in [5, 5.41) is 2.89. The molecule has 90 valence electrons. The summed E-state index contributed by atoms with van der Waals surface area (Å²) in [6.07, 6.45) is 1.24. The molecule has 0 bridgehead atoms. The molecule has 0 unspecified atom stereocenters. The van der Waals surface area contributed by atoms with Crippen LogP contribution in [0.15, 0.2) is 29.3 Å². The van der Waals surface area contributed by atoms with Crippen LogP contribution in [-0.4, -0.2) is 11.7 Å². The van der Waals surface area contributed by atoms with Crippen molar-refractivity contribution in [2.24, 2.45) is 10.4 Å². The predicted octanol–water partition coefficient (Wildman–Crippen LogP) is 2.83. The Labute approximate surface area is 102 Å². The van der Waals surface area contributed by atoms with Crippen LogP contribution in [0.3, 0.4) is 0 Å². The molecular weight excluding hydrogens is 212 g/mol. The lowest BCUT2D eigenvalue weighted by molar-refractivity contribution is -0.121. The van der Waals surface area contributed by atoms with Gasteiger partial charge in [-0.15, -0.1) is 0 Å². The molecule has 17 heavy (non-hydrogen) atoms. The SMILES string of the molecule is CC(C)(C)CC(=O)NC1=Nc2ccccc2C1. The molecule has 0 spiro atoms. The number of fused-ring (bicyclic) bond motifs is 1. The number of rotatable bonds is 1. The van der Waals surface area contributed by atoms with Gasteiger partial charge in [-0.2, -0.15) is 0 Å². The number of nitrogens with one attached hydrogen (secondary N) is 1. The highest BCUT2D eigenvalue weighted by atomic mass is 16.1. The maximum absolute atomic E-state index is 11.8. The molecule has 3 heteroatoms. The highest BCUT2D eigenvalue weighted by Gasteiger charge is 2.19. The number of hydrogen-bond donors (Lipinski definition) is 1. The topological polar surface area (TPSA) is 41.5 Å². The van der Waals surface area contributed by atoms with E-state index < -0.39 is 0 Å². The largest absolute Gasteiger partial charge is 0.314 e. The summed E-state index contributed by atoms with van der Waals surface area (Å²) >= 11 is 0. The van der Waals surface area contributed by atoms with E-state index in [1.54, 1.807) is 0 Å². The Morgan fingerprint density at radius 1 is 1.35 bits per heavy atom. The number of para-hydroxylation sites is 1. The maximum atomic E-state index is 11.8. The molecule has 3 nitrogen and oxygen atoms in total. The minimum absolute atomic E-state index is 0.0100. The van der Waals surface area contributed by atoms with Gasteiger partial charge in [0.1, 0.15) is 5.84 Å². The van der Waals surface area contributed by atoms with E-state index in [4.69, 9.17) is 0 Å². The average Bonchev–Trinajstić information content (AvgIpc) is 2.55. The second-order valence-corrected chi connectivity index (χ2v) is 5.65. The summed E-state index contributed by atoms with van der Waals surface area (Å²) < 4.78 is 0.